The zero-order valence-corrected chi connectivity index (χ0v) is 14.7. The van der Waals surface area contributed by atoms with Gasteiger partial charge < -0.3 is 10.6 Å². The van der Waals surface area contributed by atoms with Gasteiger partial charge in [0.05, 0.1) is 6.04 Å². The van der Waals surface area contributed by atoms with Crippen LogP contribution in [0.3, 0.4) is 0 Å². The number of hydrogen-bond donors (Lipinski definition) is 2. The maximum Gasteiger partial charge on any atom is 0.240 e. The zero-order valence-electron chi connectivity index (χ0n) is 13.9. The highest BCUT2D eigenvalue weighted by atomic mass is 32.2. The van der Waals surface area contributed by atoms with E-state index in [9.17, 15) is 9.59 Å². The van der Waals surface area contributed by atoms with Crippen LogP contribution in [0.5, 0.6) is 0 Å². The molecule has 6 heteroatoms. The maximum absolute atomic E-state index is 12.2. The molecule has 5 nitrogen and oxygen atoms in total. The van der Waals surface area contributed by atoms with Crippen LogP contribution < -0.4 is 10.6 Å². The summed E-state index contributed by atoms with van der Waals surface area (Å²) in [6, 6.07) is 7.96. The summed E-state index contributed by atoms with van der Waals surface area (Å²) >= 11 is 1.38. The Labute approximate surface area is 146 Å². The lowest BCUT2D eigenvalue weighted by Gasteiger charge is -2.17. The van der Waals surface area contributed by atoms with Gasteiger partial charge in [0.2, 0.25) is 11.8 Å². The molecule has 1 aromatic carbocycles. The van der Waals surface area contributed by atoms with Gasteiger partial charge in [-0.3, -0.25) is 14.6 Å². The van der Waals surface area contributed by atoms with Crippen molar-refractivity contribution in [2.45, 2.75) is 56.7 Å². The Morgan fingerprint density at radius 3 is 2.88 bits per heavy atom. The average molecular weight is 345 g/mol. The Kier molecular flexibility index (Phi) is 5.56. The Balaban J connectivity index is 1.54. The number of aliphatic imine (C=N–C) groups is 1. The van der Waals surface area contributed by atoms with Crippen molar-refractivity contribution in [2.75, 3.05) is 5.32 Å². The summed E-state index contributed by atoms with van der Waals surface area (Å²) in [5, 5.41) is 5.97. The summed E-state index contributed by atoms with van der Waals surface area (Å²) in [7, 11) is 0. The summed E-state index contributed by atoms with van der Waals surface area (Å²) < 4.78 is 0. The van der Waals surface area contributed by atoms with Gasteiger partial charge in [-0.1, -0.05) is 43.2 Å². The second kappa shape index (κ2) is 7.83. The molecule has 2 fully saturated rings. The fourth-order valence-electron chi connectivity index (χ4n) is 3.08. The number of rotatable bonds is 4. The number of amidine groups is 1. The second-order valence-electron chi connectivity index (χ2n) is 6.44. The lowest BCUT2D eigenvalue weighted by atomic mass is 9.96. The predicted octanol–water partition coefficient (Wildman–Crippen LogP) is 3.24. The Hall–Kier alpha value is -1.82. The first-order valence-corrected chi connectivity index (χ1v) is 9.40. The highest BCUT2D eigenvalue weighted by Gasteiger charge is 2.32. The number of carbonyl (C=O) groups excluding carboxylic acids is 2. The molecule has 0 spiro atoms. The van der Waals surface area contributed by atoms with Crippen molar-refractivity contribution in [1.29, 1.82) is 0 Å². The van der Waals surface area contributed by atoms with Gasteiger partial charge in [-0.15, -0.1) is 0 Å². The highest BCUT2D eigenvalue weighted by Crippen LogP contribution is 2.26. The molecule has 0 aromatic heterocycles. The first-order chi connectivity index (χ1) is 11.6. The molecule has 0 unspecified atom stereocenters. The van der Waals surface area contributed by atoms with E-state index in [1.807, 2.05) is 31.2 Å². The van der Waals surface area contributed by atoms with Crippen molar-refractivity contribution < 1.29 is 9.59 Å². The van der Waals surface area contributed by atoms with Crippen LogP contribution in [0.4, 0.5) is 5.69 Å². The molecule has 0 bridgehead atoms. The third-order valence-electron chi connectivity index (χ3n) is 4.32. The quantitative estimate of drug-likeness (QED) is 0.880. The van der Waals surface area contributed by atoms with Crippen molar-refractivity contribution in [1.82, 2.24) is 5.32 Å². The third-order valence-corrected chi connectivity index (χ3v) is 5.42. The third kappa shape index (κ3) is 4.60. The molecule has 2 N–H and O–H groups in total. The SMILES string of the molecule is Cc1cccc(NC(=O)C[C@H]2SC(=NC3CCCCC3)NC2=O)c1. The van der Waals surface area contributed by atoms with Gasteiger partial charge in [-0.25, -0.2) is 0 Å². The monoisotopic (exact) mass is 345 g/mol. The van der Waals surface area contributed by atoms with Crippen LogP contribution in [0.15, 0.2) is 29.3 Å². The first kappa shape index (κ1) is 17.0. The normalized spacial score (nSPS) is 23.3. The molecule has 1 atom stereocenters. The van der Waals surface area contributed by atoms with Gasteiger partial charge in [0.25, 0.3) is 0 Å². The summed E-state index contributed by atoms with van der Waals surface area (Å²) in [5.74, 6) is -0.263. The smallest absolute Gasteiger partial charge is 0.240 e. The zero-order chi connectivity index (χ0) is 16.9. The number of carbonyl (C=O) groups is 2. The molecule has 0 radical (unpaired) electrons. The number of amides is 2. The summed E-state index contributed by atoms with van der Waals surface area (Å²) in [5.41, 5.74) is 1.85. The van der Waals surface area contributed by atoms with Gasteiger partial charge in [0, 0.05) is 12.1 Å². The first-order valence-electron chi connectivity index (χ1n) is 8.52. The van der Waals surface area contributed by atoms with E-state index in [0.717, 1.165) is 24.1 Å². The average Bonchev–Trinajstić information content (AvgIpc) is 2.87. The minimum Gasteiger partial charge on any atom is -0.326 e. The molecule has 3 rings (SSSR count). The van der Waals surface area contributed by atoms with E-state index in [0.29, 0.717) is 11.2 Å². The Morgan fingerprint density at radius 2 is 2.12 bits per heavy atom. The molecule has 24 heavy (non-hydrogen) atoms. The van der Waals surface area contributed by atoms with E-state index in [-0.39, 0.29) is 18.2 Å². The van der Waals surface area contributed by atoms with Crippen molar-refractivity contribution in [3.05, 3.63) is 29.8 Å². The van der Waals surface area contributed by atoms with E-state index < -0.39 is 5.25 Å². The van der Waals surface area contributed by atoms with Crippen molar-refractivity contribution in [3.8, 4) is 0 Å². The second-order valence-corrected chi connectivity index (χ2v) is 7.64. The molecule has 1 aliphatic heterocycles. The summed E-state index contributed by atoms with van der Waals surface area (Å²) in [6.07, 6.45) is 6.05. The topological polar surface area (TPSA) is 70.6 Å². The number of hydrogen-bond acceptors (Lipinski definition) is 4. The molecule has 1 heterocycles. The summed E-state index contributed by atoms with van der Waals surface area (Å²) in [6.45, 7) is 1.98. The van der Waals surface area contributed by atoms with Crippen LogP contribution in [0, 0.1) is 6.92 Å². The molecular formula is C18H23N3O2S. The van der Waals surface area contributed by atoms with Crippen LogP contribution in [0.25, 0.3) is 0 Å². The Morgan fingerprint density at radius 1 is 1.33 bits per heavy atom. The molecular weight excluding hydrogens is 322 g/mol. The van der Waals surface area contributed by atoms with E-state index in [4.69, 9.17) is 0 Å². The number of thioether (sulfide) groups is 1. The van der Waals surface area contributed by atoms with E-state index in [1.165, 1.54) is 31.0 Å². The number of nitrogens with zero attached hydrogens (tertiary/aromatic N) is 1. The molecule has 1 aromatic rings. The minimum absolute atomic E-state index is 0.117. The number of aryl methyl sites for hydroxylation is 1. The van der Waals surface area contributed by atoms with E-state index in [1.54, 1.807) is 0 Å². The van der Waals surface area contributed by atoms with Crippen LogP contribution in [-0.4, -0.2) is 28.3 Å². The van der Waals surface area contributed by atoms with Crippen LogP contribution in [-0.2, 0) is 9.59 Å². The van der Waals surface area contributed by atoms with E-state index in [2.05, 4.69) is 15.6 Å². The predicted molar refractivity (Wildman–Crippen MR) is 98.3 cm³/mol. The number of nitrogens with one attached hydrogen (secondary N) is 2. The van der Waals surface area contributed by atoms with Gasteiger partial charge in [0.15, 0.2) is 5.17 Å². The highest BCUT2D eigenvalue weighted by molar-refractivity contribution is 8.15. The minimum atomic E-state index is -0.392. The fourth-order valence-corrected chi connectivity index (χ4v) is 4.12. The van der Waals surface area contributed by atoms with Crippen molar-refractivity contribution >= 4 is 34.4 Å². The fraction of sp³-hybridized carbons (Fsp3) is 0.500. The molecule has 1 saturated heterocycles. The molecule has 1 aliphatic carbocycles. The molecule has 2 amide bonds. The molecule has 1 saturated carbocycles. The Bertz CT molecular complexity index is 653. The lowest BCUT2D eigenvalue weighted by molar-refractivity contribution is -0.122. The van der Waals surface area contributed by atoms with Crippen LogP contribution in [0.2, 0.25) is 0 Å². The van der Waals surface area contributed by atoms with Gasteiger partial charge in [0.1, 0.15) is 5.25 Å². The van der Waals surface area contributed by atoms with Crippen LogP contribution in [0.1, 0.15) is 44.1 Å². The number of anilines is 1. The van der Waals surface area contributed by atoms with Crippen molar-refractivity contribution in [3.63, 3.8) is 0 Å². The van der Waals surface area contributed by atoms with Gasteiger partial charge in [-0.05, 0) is 37.5 Å². The van der Waals surface area contributed by atoms with Crippen molar-refractivity contribution in [2.24, 2.45) is 4.99 Å². The molecule has 128 valence electrons. The van der Waals surface area contributed by atoms with Crippen LogP contribution >= 0.6 is 11.8 Å². The van der Waals surface area contributed by atoms with Gasteiger partial charge in [-0.2, -0.15) is 0 Å². The maximum atomic E-state index is 12.2. The largest absolute Gasteiger partial charge is 0.326 e. The standard InChI is InChI=1S/C18H23N3O2S/c1-12-6-5-9-14(10-12)19-16(22)11-15-17(23)21-18(24-15)20-13-7-3-2-4-8-13/h5-6,9-10,13,15H,2-4,7-8,11H2,1H3,(H,19,22)(H,20,21,23)/t15-/m1/s1. The number of benzene rings is 1. The lowest BCUT2D eigenvalue weighted by Crippen LogP contribution is -2.28. The van der Waals surface area contributed by atoms with Gasteiger partial charge >= 0.3 is 0 Å². The molecule has 2 aliphatic rings. The summed E-state index contributed by atoms with van der Waals surface area (Å²) in [4.78, 5) is 28.9. The van der Waals surface area contributed by atoms with E-state index >= 15 is 0 Å².